The summed E-state index contributed by atoms with van der Waals surface area (Å²) >= 11 is 0. The maximum atomic E-state index is 11.2. The molecule has 0 aromatic carbocycles. The van der Waals surface area contributed by atoms with Gasteiger partial charge in [0.1, 0.15) is 0 Å². The van der Waals surface area contributed by atoms with Crippen LogP contribution in [0.3, 0.4) is 0 Å². The normalized spacial score (nSPS) is 19.1. The number of ketones is 1. The van der Waals surface area contributed by atoms with Crippen LogP contribution in [0.2, 0.25) is 0 Å². The summed E-state index contributed by atoms with van der Waals surface area (Å²) < 4.78 is 0. The number of amides is 1. The molecule has 2 aliphatic rings. The first kappa shape index (κ1) is 7.67. The van der Waals surface area contributed by atoms with Gasteiger partial charge >= 0.3 is 0 Å². The Morgan fingerprint density at radius 2 is 2.15 bits per heavy atom. The Bertz CT molecular complexity index is 425. The zero-order chi connectivity index (χ0) is 9.42. The lowest BCUT2D eigenvalue weighted by atomic mass is 9.98. The fraction of sp³-hybridized carbons (Fsp3) is 0. The van der Waals surface area contributed by atoms with E-state index in [1.807, 2.05) is 0 Å². The highest BCUT2D eigenvalue weighted by Gasteiger charge is 2.23. The third-order valence-corrected chi connectivity index (χ3v) is 1.89. The minimum atomic E-state index is -0.566. The van der Waals surface area contributed by atoms with Crippen molar-refractivity contribution in [2.45, 2.75) is 0 Å². The average molecular weight is 174 g/mol. The summed E-state index contributed by atoms with van der Waals surface area (Å²) in [4.78, 5) is 26.0. The maximum absolute atomic E-state index is 11.2. The fourth-order valence-corrected chi connectivity index (χ4v) is 1.27. The van der Waals surface area contributed by atoms with Crippen molar-refractivity contribution in [2.24, 2.45) is 10.7 Å². The number of nitrogens with two attached hydrogens (primary N) is 1. The number of hydrogen-bond acceptors (Lipinski definition) is 3. The van der Waals surface area contributed by atoms with Crippen molar-refractivity contribution in [3.05, 3.63) is 35.1 Å². The van der Waals surface area contributed by atoms with Crippen molar-refractivity contribution in [1.29, 1.82) is 0 Å². The van der Waals surface area contributed by atoms with Crippen LogP contribution >= 0.6 is 0 Å². The molecule has 4 nitrogen and oxygen atoms in total. The standard InChI is InChI=1S/C9H6N2O2/c10-9(13)6-1-2-7(12)5-3-4-11-8(5)6/h1-4H,(H2,10,13). The zero-order valence-corrected chi connectivity index (χ0v) is 6.65. The van der Waals surface area contributed by atoms with Crippen LogP contribution in [-0.2, 0) is 9.59 Å². The molecule has 2 rings (SSSR count). The second kappa shape index (κ2) is 2.52. The molecule has 1 aliphatic carbocycles. The van der Waals surface area contributed by atoms with E-state index in [0.717, 1.165) is 0 Å². The van der Waals surface area contributed by atoms with Crippen LogP contribution in [-0.4, -0.2) is 17.9 Å². The zero-order valence-electron chi connectivity index (χ0n) is 6.65. The Kier molecular flexibility index (Phi) is 1.48. The Morgan fingerprint density at radius 3 is 2.85 bits per heavy atom. The first-order chi connectivity index (χ1) is 6.20. The van der Waals surface area contributed by atoms with Crippen LogP contribution in [0.5, 0.6) is 0 Å². The monoisotopic (exact) mass is 174 g/mol. The number of primary amides is 1. The van der Waals surface area contributed by atoms with E-state index in [2.05, 4.69) is 4.99 Å². The largest absolute Gasteiger partial charge is 0.366 e. The minimum Gasteiger partial charge on any atom is -0.366 e. The van der Waals surface area contributed by atoms with E-state index < -0.39 is 5.91 Å². The SMILES string of the molecule is NC(=O)C1=C2N=CC=C2C(=O)C=C1. The molecule has 0 atom stereocenters. The number of hydrogen-bond donors (Lipinski definition) is 1. The van der Waals surface area contributed by atoms with E-state index in [4.69, 9.17) is 5.73 Å². The average Bonchev–Trinajstić information content (AvgIpc) is 2.53. The van der Waals surface area contributed by atoms with Crippen LogP contribution < -0.4 is 5.73 Å². The summed E-state index contributed by atoms with van der Waals surface area (Å²) in [5.74, 6) is -0.707. The lowest BCUT2D eigenvalue weighted by Gasteiger charge is -2.08. The van der Waals surface area contributed by atoms with Gasteiger partial charge in [0.05, 0.1) is 11.3 Å². The molecule has 1 aliphatic heterocycles. The molecule has 1 amide bonds. The van der Waals surface area contributed by atoms with Crippen molar-refractivity contribution in [3.63, 3.8) is 0 Å². The van der Waals surface area contributed by atoms with Crippen molar-refractivity contribution in [2.75, 3.05) is 0 Å². The molecule has 0 aromatic rings. The molecular weight excluding hydrogens is 168 g/mol. The summed E-state index contributed by atoms with van der Waals surface area (Å²) in [5, 5.41) is 0. The molecule has 0 bridgehead atoms. The van der Waals surface area contributed by atoms with Crippen LogP contribution in [0, 0.1) is 0 Å². The van der Waals surface area contributed by atoms with E-state index >= 15 is 0 Å². The number of nitrogens with zero attached hydrogens (tertiary/aromatic N) is 1. The highest BCUT2D eigenvalue weighted by atomic mass is 16.1. The third kappa shape index (κ3) is 1.03. The van der Waals surface area contributed by atoms with Gasteiger partial charge in [0.2, 0.25) is 0 Å². The van der Waals surface area contributed by atoms with Gasteiger partial charge in [-0.2, -0.15) is 0 Å². The predicted octanol–water partition coefficient (Wildman–Crippen LogP) is -0.125. The third-order valence-electron chi connectivity index (χ3n) is 1.89. The van der Waals surface area contributed by atoms with Crippen LogP contribution in [0.4, 0.5) is 0 Å². The minimum absolute atomic E-state index is 0.141. The van der Waals surface area contributed by atoms with Gasteiger partial charge in [-0.1, -0.05) is 0 Å². The molecular formula is C9H6N2O2. The van der Waals surface area contributed by atoms with Gasteiger partial charge in [-0.05, 0) is 18.2 Å². The van der Waals surface area contributed by atoms with E-state index in [-0.39, 0.29) is 5.78 Å². The number of rotatable bonds is 1. The van der Waals surface area contributed by atoms with Gasteiger partial charge in [0.15, 0.2) is 5.78 Å². The van der Waals surface area contributed by atoms with Gasteiger partial charge in [-0.15, -0.1) is 0 Å². The molecule has 13 heavy (non-hydrogen) atoms. The number of carbonyl (C=O) groups excluding carboxylic acids is 2. The molecule has 4 heteroatoms. The second-order valence-corrected chi connectivity index (χ2v) is 2.68. The smallest absolute Gasteiger partial charge is 0.250 e. The summed E-state index contributed by atoms with van der Waals surface area (Å²) in [7, 11) is 0. The van der Waals surface area contributed by atoms with Crippen molar-refractivity contribution >= 4 is 17.9 Å². The molecule has 0 saturated heterocycles. The van der Waals surface area contributed by atoms with E-state index in [1.165, 1.54) is 18.4 Å². The summed E-state index contributed by atoms with van der Waals surface area (Å²) in [6.45, 7) is 0. The van der Waals surface area contributed by atoms with Gasteiger partial charge in [0, 0.05) is 11.8 Å². The van der Waals surface area contributed by atoms with Gasteiger partial charge in [-0.25, -0.2) is 0 Å². The first-order valence-corrected chi connectivity index (χ1v) is 3.71. The van der Waals surface area contributed by atoms with E-state index in [0.29, 0.717) is 16.8 Å². The van der Waals surface area contributed by atoms with E-state index in [1.54, 1.807) is 6.08 Å². The lowest BCUT2D eigenvalue weighted by Crippen LogP contribution is -2.18. The quantitative estimate of drug-likeness (QED) is 0.601. The number of carbonyl (C=O) groups is 2. The Hall–Kier alpha value is -1.97. The molecule has 0 aromatic heterocycles. The number of fused-ring (bicyclic) bond motifs is 1. The van der Waals surface area contributed by atoms with Crippen molar-refractivity contribution in [3.8, 4) is 0 Å². The van der Waals surface area contributed by atoms with Gasteiger partial charge < -0.3 is 5.73 Å². The summed E-state index contributed by atoms with van der Waals surface area (Å²) in [5.41, 5.74) is 6.23. The summed E-state index contributed by atoms with van der Waals surface area (Å²) in [6, 6.07) is 0. The number of allylic oxidation sites excluding steroid dienone is 3. The molecule has 0 unspecified atom stereocenters. The van der Waals surface area contributed by atoms with Gasteiger partial charge in [-0.3, -0.25) is 14.6 Å². The highest BCUT2D eigenvalue weighted by Crippen LogP contribution is 2.25. The van der Waals surface area contributed by atoms with Gasteiger partial charge in [0.25, 0.3) is 5.91 Å². The fourth-order valence-electron chi connectivity index (χ4n) is 1.27. The molecule has 1 heterocycles. The topological polar surface area (TPSA) is 72.5 Å². The van der Waals surface area contributed by atoms with Crippen molar-refractivity contribution < 1.29 is 9.59 Å². The summed E-state index contributed by atoms with van der Waals surface area (Å²) in [6.07, 6.45) is 5.78. The maximum Gasteiger partial charge on any atom is 0.250 e. The lowest BCUT2D eigenvalue weighted by molar-refractivity contribution is -0.114. The molecule has 0 spiro atoms. The Labute approximate surface area is 74.1 Å². The van der Waals surface area contributed by atoms with Crippen LogP contribution in [0.15, 0.2) is 40.1 Å². The molecule has 0 radical (unpaired) electrons. The van der Waals surface area contributed by atoms with Crippen LogP contribution in [0.1, 0.15) is 0 Å². The Morgan fingerprint density at radius 1 is 1.38 bits per heavy atom. The molecule has 0 fully saturated rings. The first-order valence-electron chi connectivity index (χ1n) is 3.71. The molecule has 0 saturated carbocycles. The molecule has 64 valence electrons. The van der Waals surface area contributed by atoms with Crippen LogP contribution in [0.25, 0.3) is 0 Å². The second-order valence-electron chi connectivity index (χ2n) is 2.68. The highest BCUT2D eigenvalue weighted by molar-refractivity contribution is 6.16. The predicted molar refractivity (Wildman–Crippen MR) is 46.9 cm³/mol. The number of aliphatic imine (C=N–C) groups is 1. The Balaban J connectivity index is 2.60. The van der Waals surface area contributed by atoms with E-state index in [9.17, 15) is 9.59 Å². The van der Waals surface area contributed by atoms with Crippen molar-refractivity contribution in [1.82, 2.24) is 0 Å². The molecule has 2 N–H and O–H groups in total.